The Morgan fingerprint density at radius 1 is 0.909 bits per heavy atom. The second-order valence-electron chi connectivity index (χ2n) is 4.91. The van der Waals surface area contributed by atoms with E-state index in [-0.39, 0.29) is 18.4 Å². The first-order valence-corrected chi connectivity index (χ1v) is 6.90. The van der Waals surface area contributed by atoms with Crippen molar-refractivity contribution >= 4 is 23.2 Å². The van der Waals surface area contributed by atoms with Crippen molar-refractivity contribution < 1.29 is 14.3 Å². The van der Waals surface area contributed by atoms with E-state index in [2.05, 4.69) is 10.6 Å². The van der Waals surface area contributed by atoms with Crippen LogP contribution >= 0.6 is 0 Å². The molecular formula is C17H18N2O3. The molecule has 0 radical (unpaired) electrons. The summed E-state index contributed by atoms with van der Waals surface area (Å²) in [6.07, 6.45) is 0. The third-order valence-electron chi connectivity index (χ3n) is 2.88. The Morgan fingerprint density at radius 3 is 2.05 bits per heavy atom. The number of carbonyl (C=O) groups is 2. The van der Waals surface area contributed by atoms with Gasteiger partial charge in [-0.15, -0.1) is 0 Å². The van der Waals surface area contributed by atoms with E-state index in [1.54, 1.807) is 24.3 Å². The maximum atomic E-state index is 11.8. The molecule has 0 aromatic heterocycles. The summed E-state index contributed by atoms with van der Waals surface area (Å²) < 4.78 is 5.40. The number of rotatable bonds is 5. The number of benzene rings is 2. The van der Waals surface area contributed by atoms with Crippen LogP contribution in [0.15, 0.2) is 48.5 Å². The van der Waals surface area contributed by atoms with Gasteiger partial charge < -0.3 is 15.4 Å². The highest BCUT2D eigenvalue weighted by Gasteiger charge is 2.04. The molecule has 2 N–H and O–H groups in total. The summed E-state index contributed by atoms with van der Waals surface area (Å²) in [5, 5.41) is 5.42. The first-order chi connectivity index (χ1) is 10.5. The molecule has 114 valence electrons. The fourth-order valence-electron chi connectivity index (χ4n) is 1.82. The van der Waals surface area contributed by atoms with Crippen LogP contribution in [0.2, 0.25) is 0 Å². The van der Waals surface area contributed by atoms with Crippen LogP contribution in [-0.4, -0.2) is 18.4 Å². The number of hydrogen-bond acceptors (Lipinski definition) is 3. The lowest BCUT2D eigenvalue weighted by Crippen LogP contribution is -2.20. The van der Waals surface area contributed by atoms with Gasteiger partial charge in [0.2, 0.25) is 5.91 Å². The standard InChI is InChI=1S/C17H18N2O3/c1-12-3-5-15(6-4-12)19-17(21)11-22-16-9-7-14(8-10-16)18-13(2)20/h3-10H,11H2,1-2H3,(H,18,20)(H,19,21). The summed E-state index contributed by atoms with van der Waals surface area (Å²) >= 11 is 0. The minimum absolute atomic E-state index is 0.0760. The van der Waals surface area contributed by atoms with Gasteiger partial charge in [0.05, 0.1) is 0 Å². The predicted octanol–water partition coefficient (Wildman–Crippen LogP) is 2.97. The minimum Gasteiger partial charge on any atom is -0.484 e. The van der Waals surface area contributed by atoms with Gasteiger partial charge in [0.25, 0.3) is 5.91 Å². The molecule has 2 rings (SSSR count). The van der Waals surface area contributed by atoms with Crippen LogP contribution in [0.1, 0.15) is 12.5 Å². The lowest BCUT2D eigenvalue weighted by Gasteiger charge is -2.08. The molecule has 0 spiro atoms. The molecule has 0 unspecified atom stereocenters. The number of aryl methyl sites for hydroxylation is 1. The van der Waals surface area contributed by atoms with Gasteiger partial charge in [-0.2, -0.15) is 0 Å². The monoisotopic (exact) mass is 298 g/mol. The van der Waals surface area contributed by atoms with Gasteiger partial charge in [-0.25, -0.2) is 0 Å². The number of hydrogen-bond donors (Lipinski definition) is 2. The summed E-state index contributed by atoms with van der Waals surface area (Å²) in [7, 11) is 0. The van der Waals surface area contributed by atoms with Crippen LogP contribution in [0, 0.1) is 6.92 Å². The van der Waals surface area contributed by atoms with Crippen LogP contribution in [-0.2, 0) is 9.59 Å². The van der Waals surface area contributed by atoms with E-state index in [0.717, 1.165) is 11.3 Å². The molecule has 0 aliphatic heterocycles. The molecule has 2 aromatic rings. The van der Waals surface area contributed by atoms with E-state index in [0.29, 0.717) is 11.4 Å². The van der Waals surface area contributed by atoms with Gasteiger partial charge in [-0.05, 0) is 43.3 Å². The van der Waals surface area contributed by atoms with E-state index in [4.69, 9.17) is 4.74 Å². The lowest BCUT2D eigenvalue weighted by atomic mass is 10.2. The first-order valence-electron chi connectivity index (χ1n) is 6.90. The van der Waals surface area contributed by atoms with Gasteiger partial charge in [0.15, 0.2) is 6.61 Å². The fourth-order valence-corrected chi connectivity index (χ4v) is 1.82. The lowest BCUT2D eigenvalue weighted by molar-refractivity contribution is -0.118. The molecule has 0 saturated carbocycles. The van der Waals surface area contributed by atoms with Crippen LogP contribution in [0.5, 0.6) is 5.75 Å². The molecule has 0 saturated heterocycles. The Morgan fingerprint density at radius 2 is 1.45 bits per heavy atom. The fraction of sp³-hybridized carbons (Fsp3) is 0.176. The Bertz CT molecular complexity index is 649. The summed E-state index contributed by atoms with van der Waals surface area (Å²) in [4.78, 5) is 22.7. The third-order valence-corrected chi connectivity index (χ3v) is 2.88. The molecule has 5 heteroatoms. The van der Waals surface area contributed by atoms with Crippen molar-refractivity contribution in [2.45, 2.75) is 13.8 Å². The van der Waals surface area contributed by atoms with Gasteiger partial charge >= 0.3 is 0 Å². The summed E-state index contributed by atoms with van der Waals surface area (Å²) in [6, 6.07) is 14.4. The highest BCUT2D eigenvalue weighted by molar-refractivity contribution is 5.92. The molecule has 0 atom stereocenters. The topological polar surface area (TPSA) is 67.4 Å². The van der Waals surface area contributed by atoms with E-state index in [9.17, 15) is 9.59 Å². The smallest absolute Gasteiger partial charge is 0.262 e. The van der Waals surface area contributed by atoms with Crippen LogP contribution in [0.4, 0.5) is 11.4 Å². The van der Waals surface area contributed by atoms with Gasteiger partial charge in [0, 0.05) is 18.3 Å². The molecule has 5 nitrogen and oxygen atoms in total. The second kappa shape index (κ2) is 7.26. The number of carbonyl (C=O) groups excluding carboxylic acids is 2. The Hall–Kier alpha value is -2.82. The largest absolute Gasteiger partial charge is 0.484 e. The van der Waals surface area contributed by atoms with Crippen molar-refractivity contribution in [3.8, 4) is 5.75 Å². The van der Waals surface area contributed by atoms with E-state index < -0.39 is 0 Å². The van der Waals surface area contributed by atoms with E-state index in [1.165, 1.54) is 6.92 Å². The first kappa shape index (κ1) is 15.6. The van der Waals surface area contributed by atoms with Crippen LogP contribution in [0.3, 0.4) is 0 Å². The molecule has 22 heavy (non-hydrogen) atoms. The van der Waals surface area contributed by atoms with Gasteiger partial charge in [-0.3, -0.25) is 9.59 Å². The van der Waals surface area contributed by atoms with Crippen molar-refractivity contribution in [3.05, 3.63) is 54.1 Å². The highest BCUT2D eigenvalue weighted by atomic mass is 16.5. The van der Waals surface area contributed by atoms with Crippen molar-refractivity contribution in [1.82, 2.24) is 0 Å². The maximum Gasteiger partial charge on any atom is 0.262 e. The van der Waals surface area contributed by atoms with Crippen LogP contribution in [0.25, 0.3) is 0 Å². The van der Waals surface area contributed by atoms with Gasteiger partial charge in [0.1, 0.15) is 5.75 Å². The zero-order chi connectivity index (χ0) is 15.9. The molecule has 2 amide bonds. The summed E-state index contributed by atoms with van der Waals surface area (Å²) in [5.74, 6) is 0.203. The van der Waals surface area contributed by atoms with Crippen molar-refractivity contribution in [2.24, 2.45) is 0 Å². The van der Waals surface area contributed by atoms with Crippen molar-refractivity contribution in [2.75, 3.05) is 17.2 Å². The van der Waals surface area contributed by atoms with Crippen molar-refractivity contribution in [1.29, 1.82) is 0 Å². The molecule has 0 fully saturated rings. The number of ether oxygens (including phenoxy) is 1. The zero-order valence-electron chi connectivity index (χ0n) is 12.6. The quantitative estimate of drug-likeness (QED) is 0.891. The van der Waals surface area contributed by atoms with E-state index >= 15 is 0 Å². The molecule has 0 bridgehead atoms. The minimum atomic E-state index is -0.227. The molecule has 0 aliphatic carbocycles. The Kier molecular flexibility index (Phi) is 5.14. The number of amides is 2. The molecular weight excluding hydrogens is 280 g/mol. The van der Waals surface area contributed by atoms with E-state index in [1.807, 2.05) is 31.2 Å². The molecule has 0 heterocycles. The summed E-state index contributed by atoms with van der Waals surface area (Å²) in [6.45, 7) is 3.35. The SMILES string of the molecule is CC(=O)Nc1ccc(OCC(=O)Nc2ccc(C)cc2)cc1. The average molecular weight is 298 g/mol. The normalized spacial score (nSPS) is 9.91. The Balaban J connectivity index is 1.83. The highest BCUT2D eigenvalue weighted by Crippen LogP contribution is 2.15. The van der Waals surface area contributed by atoms with Crippen LogP contribution < -0.4 is 15.4 Å². The average Bonchev–Trinajstić information content (AvgIpc) is 2.48. The summed E-state index contributed by atoms with van der Waals surface area (Å²) in [5.41, 5.74) is 2.55. The third kappa shape index (κ3) is 4.94. The Labute approximate surface area is 129 Å². The maximum absolute atomic E-state index is 11.8. The molecule has 0 aliphatic rings. The predicted molar refractivity (Wildman–Crippen MR) is 86.0 cm³/mol. The second-order valence-corrected chi connectivity index (χ2v) is 4.91. The number of anilines is 2. The van der Waals surface area contributed by atoms with Crippen molar-refractivity contribution in [3.63, 3.8) is 0 Å². The zero-order valence-corrected chi connectivity index (χ0v) is 12.6. The van der Waals surface area contributed by atoms with Gasteiger partial charge in [-0.1, -0.05) is 17.7 Å². The number of nitrogens with one attached hydrogen (secondary N) is 2. The molecule has 2 aromatic carbocycles.